The molecule has 1 saturated carbocycles. The second-order valence-electron chi connectivity index (χ2n) is 8.15. The highest BCUT2D eigenvalue weighted by atomic mass is 35.5. The molecule has 6 heteroatoms. The number of imidazole rings is 1. The molecule has 0 amide bonds. The van der Waals surface area contributed by atoms with Gasteiger partial charge in [0.05, 0.1) is 17.9 Å². The van der Waals surface area contributed by atoms with Crippen LogP contribution in [-0.2, 0) is 22.6 Å². The molecule has 1 heterocycles. The first-order valence-corrected chi connectivity index (χ1v) is 10.6. The Bertz CT molecular complexity index is 727. The second-order valence-corrected chi connectivity index (χ2v) is 8.15. The maximum atomic E-state index is 12.7. The van der Waals surface area contributed by atoms with E-state index < -0.39 is 0 Å². The van der Waals surface area contributed by atoms with E-state index in [1.165, 1.54) is 25.7 Å². The van der Waals surface area contributed by atoms with E-state index in [4.69, 9.17) is 10.5 Å². The van der Waals surface area contributed by atoms with Crippen LogP contribution in [0.4, 0.5) is 0 Å². The number of carbonyl (C=O) groups is 1. The first kappa shape index (κ1) is 23.4. The fraction of sp³-hybridized carbons (Fsp3) is 0.565. The lowest BCUT2D eigenvalue weighted by molar-refractivity contribution is -0.150. The molecule has 160 valence electrons. The number of hydrogen-bond acceptors (Lipinski definition) is 4. The van der Waals surface area contributed by atoms with Crippen LogP contribution >= 0.6 is 12.4 Å². The Morgan fingerprint density at radius 2 is 1.97 bits per heavy atom. The van der Waals surface area contributed by atoms with Crippen molar-refractivity contribution in [2.75, 3.05) is 6.54 Å². The third-order valence-electron chi connectivity index (χ3n) is 5.83. The van der Waals surface area contributed by atoms with E-state index in [-0.39, 0.29) is 24.3 Å². The van der Waals surface area contributed by atoms with Gasteiger partial charge in [0, 0.05) is 18.7 Å². The summed E-state index contributed by atoms with van der Waals surface area (Å²) in [5, 5.41) is 0. The van der Waals surface area contributed by atoms with Gasteiger partial charge in [-0.3, -0.25) is 4.79 Å². The summed E-state index contributed by atoms with van der Waals surface area (Å²) in [6.45, 7) is 3.23. The molecule has 0 aliphatic heterocycles. The number of nitrogens with two attached hydrogens (primary N) is 1. The molecular weight excluding hydrogens is 386 g/mol. The summed E-state index contributed by atoms with van der Waals surface area (Å²) in [6, 6.07) is 10.3. The van der Waals surface area contributed by atoms with E-state index in [9.17, 15) is 4.79 Å². The lowest BCUT2D eigenvalue weighted by Gasteiger charge is -2.26. The number of esters is 1. The molecule has 1 aliphatic carbocycles. The lowest BCUT2D eigenvalue weighted by Crippen LogP contribution is -2.21. The molecule has 2 aromatic rings. The number of rotatable bonds is 9. The van der Waals surface area contributed by atoms with E-state index in [0.29, 0.717) is 25.6 Å². The first-order chi connectivity index (χ1) is 13.7. The van der Waals surface area contributed by atoms with Crippen LogP contribution in [0.3, 0.4) is 0 Å². The van der Waals surface area contributed by atoms with E-state index in [0.717, 1.165) is 30.0 Å². The van der Waals surface area contributed by atoms with Crippen LogP contribution in [0.1, 0.15) is 62.7 Å². The summed E-state index contributed by atoms with van der Waals surface area (Å²) in [5.74, 6) is 0.486. The summed E-state index contributed by atoms with van der Waals surface area (Å²) >= 11 is 0. The minimum atomic E-state index is -0.193. The average Bonchev–Trinajstić information content (AvgIpc) is 3.19. The van der Waals surface area contributed by atoms with Gasteiger partial charge >= 0.3 is 5.97 Å². The van der Waals surface area contributed by atoms with Gasteiger partial charge in [0.15, 0.2) is 0 Å². The van der Waals surface area contributed by atoms with E-state index >= 15 is 0 Å². The van der Waals surface area contributed by atoms with Crippen molar-refractivity contribution < 1.29 is 9.53 Å². The fourth-order valence-electron chi connectivity index (χ4n) is 3.99. The van der Waals surface area contributed by atoms with E-state index in [2.05, 4.69) is 22.7 Å². The topological polar surface area (TPSA) is 70.1 Å². The van der Waals surface area contributed by atoms with Crippen LogP contribution in [0, 0.1) is 11.8 Å². The zero-order valence-electron chi connectivity index (χ0n) is 17.3. The van der Waals surface area contributed by atoms with Crippen LogP contribution in [0.2, 0.25) is 0 Å². The van der Waals surface area contributed by atoms with Crippen LogP contribution in [-0.4, -0.2) is 22.1 Å². The minimum absolute atomic E-state index is 0. The van der Waals surface area contributed by atoms with Gasteiger partial charge in [0.2, 0.25) is 0 Å². The number of ether oxygens (including phenoxy) is 1. The number of hydrogen-bond donors (Lipinski definition) is 1. The number of halogens is 1. The molecular formula is C23H34ClN3O2. The van der Waals surface area contributed by atoms with Crippen molar-refractivity contribution in [2.24, 2.45) is 17.6 Å². The molecule has 0 radical (unpaired) electrons. The van der Waals surface area contributed by atoms with Gasteiger partial charge in [0.1, 0.15) is 6.61 Å². The number of carbonyl (C=O) groups excluding carboxylic acids is 1. The van der Waals surface area contributed by atoms with Crippen molar-refractivity contribution in [3.05, 3.63) is 54.1 Å². The van der Waals surface area contributed by atoms with Crippen molar-refractivity contribution in [1.82, 2.24) is 9.55 Å². The lowest BCUT2D eigenvalue weighted by atomic mass is 9.87. The Morgan fingerprint density at radius 1 is 1.24 bits per heavy atom. The summed E-state index contributed by atoms with van der Waals surface area (Å²) in [6.07, 6.45) is 11.2. The van der Waals surface area contributed by atoms with Crippen molar-refractivity contribution in [2.45, 2.75) is 64.5 Å². The molecule has 1 atom stereocenters. The normalized spacial score (nSPS) is 19.9. The Hall–Kier alpha value is -1.85. The summed E-state index contributed by atoms with van der Waals surface area (Å²) in [4.78, 5) is 17.3. The molecule has 1 unspecified atom stereocenters. The Balaban J connectivity index is 0.00000300. The van der Waals surface area contributed by atoms with E-state index in [1.807, 2.05) is 36.7 Å². The zero-order valence-corrected chi connectivity index (χ0v) is 18.2. The SMILES string of the molecule is CC1CCC(n2cnc(CC(CCCN)C(=O)OCc3ccccc3)c2)CC1.Cl. The standard InChI is InChI=1S/C23H33N3O2.ClH/c1-18-9-11-22(12-10-18)26-15-21(25-17-26)14-20(8-5-13-24)23(27)28-16-19-6-3-2-4-7-19;/h2-4,6-7,15,17-18,20,22H,5,8-14,16,24H2,1H3;1H. The van der Waals surface area contributed by atoms with Gasteiger partial charge in [0.25, 0.3) is 0 Å². The molecule has 3 rings (SSSR count). The highest BCUT2D eigenvalue weighted by Crippen LogP contribution is 2.32. The molecule has 5 nitrogen and oxygen atoms in total. The highest BCUT2D eigenvalue weighted by Gasteiger charge is 2.23. The summed E-state index contributed by atoms with van der Waals surface area (Å²) in [5.41, 5.74) is 7.65. The van der Waals surface area contributed by atoms with Crippen LogP contribution in [0.15, 0.2) is 42.9 Å². The smallest absolute Gasteiger partial charge is 0.309 e. The van der Waals surface area contributed by atoms with E-state index in [1.54, 1.807) is 0 Å². The van der Waals surface area contributed by atoms with Gasteiger partial charge in [-0.25, -0.2) is 4.98 Å². The van der Waals surface area contributed by atoms with Crippen LogP contribution in [0.5, 0.6) is 0 Å². The largest absolute Gasteiger partial charge is 0.461 e. The van der Waals surface area contributed by atoms with Gasteiger partial charge in [-0.05, 0) is 56.6 Å². The monoisotopic (exact) mass is 419 g/mol. The van der Waals surface area contributed by atoms with Gasteiger partial charge < -0.3 is 15.0 Å². The van der Waals surface area contributed by atoms with Gasteiger partial charge in [-0.15, -0.1) is 12.4 Å². The molecule has 1 aromatic carbocycles. The van der Waals surface area contributed by atoms with Gasteiger partial charge in [-0.2, -0.15) is 0 Å². The molecule has 1 aromatic heterocycles. The highest BCUT2D eigenvalue weighted by molar-refractivity contribution is 5.85. The maximum Gasteiger partial charge on any atom is 0.309 e. The molecule has 1 aliphatic rings. The van der Waals surface area contributed by atoms with Crippen molar-refractivity contribution in [3.8, 4) is 0 Å². The summed E-state index contributed by atoms with van der Waals surface area (Å²) in [7, 11) is 0. The molecule has 0 bridgehead atoms. The number of aromatic nitrogens is 2. The quantitative estimate of drug-likeness (QED) is 0.598. The molecule has 0 spiro atoms. The molecule has 0 saturated heterocycles. The third-order valence-corrected chi connectivity index (χ3v) is 5.83. The predicted molar refractivity (Wildman–Crippen MR) is 118 cm³/mol. The van der Waals surface area contributed by atoms with Crippen molar-refractivity contribution >= 4 is 18.4 Å². The number of benzene rings is 1. The predicted octanol–water partition coefficient (Wildman–Crippen LogP) is 4.70. The van der Waals surface area contributed by atoms with Crippen LogP contribution < -0.4 is 5.73 Å². The van der Waals surface area contributed by atoms with Crippen molar-refractivity contribution in [3.63, 3.8) is 0 Å². The Kier molecular flexibility index (Phi) is 9.68. The summed E-state index contributed by atoms with van der Waals surface area (Å²) < 4.78 is 7.83. The average molecular weight is 420 g/mol. The van der Waals surface area contributed by atoms with Crippen molar-refractivity contribution in [1.29, 1.82) is 0 Å². The third kappa shape index (κ3) is 7.16. The fourth-order valence-corrected chi connectivity index (χ4v) is 3.99. The first-order valence-electron chi connectivity index (χ1n) is 10.6. The molecule has 2 N–H and O–H groups in total. The molecule has 29 heavy (non-hydrogen) atoms. The maximum absolute atomic E-state index is 12.7. The second kappa shape index (κ2) is 12.0. The Morgan fingerprint density at radius 3 is 2.66 bits per heavy atom. The van der Waals surface area contributed by atoms with Crippen LogP contribution in [0.25, 0.3) is 0 Å². The Labute approximate surface area is 180 Å². The zero-order chi connectivity index (χ0) is 19.8. The number of nitrogens with zero attached hydrogens (tertiary/aromatic N) is 2. The van der Waals surface area contributed by atoms with Gasteiger partial charge in [-0.1, -0.05) is 37.3 Å². The minimum Gasteiger partial charge on any atom is -0.461 e. The molecule has 1 fully saturated rings.